The molecule has 0 atom stereocenters. The molecule has 2 heterocycles. The number of benzene rings is 1. The lowest BCUT2D eigenvalue weighted by Crippen LogP contribution is -1.89. The second-order valence-corrected chi connectivity index (χ2v) is 5.19. The summed E-state index contributed by atoms with van der Waals surface area (Å²) in [5.41, 5.74) is 1.94. The molecule has 104 valence electrons. The molecular weight excluding hydrogens is 288 g/mol. The summed E-state index contributed by atoms with van der Waals surface area (Å²) in [4.78, 5) is 21.6. The molecule has 0 spiro atoms. The van der Waals surface area contributed by atoms with Crippen LogP contribution in [0.5, 0.6) is 0 Å². The van der Waals surface area contributed by atoms with Crippen LogP contribution in [0.25, 0.3) is 11.3 Å². The van der Waals surface area contributed by atoms with Gasteiger partial charge in [-0.1, -0.05) is 30.3 Å². The number of H-pyrrole nitrogens is 1. The highest BCUT2D eigenvalue weighted by Gasteiger charge is 2.08. The van der Waals surface area contributed by atoms with E-state index >= 15 is 0 Å². The molecule has 2 aromatic heterocycles. The molecule has 3 rings (SSSR count). The fraction of sp³-hybridized carbons (Fsp3) is 0. The third-order valence-corrected chi connectivity index (χ3v) is 3.62. The van der Waals surface area contributed by atoms with E-state index in [2.05, 4.69) is 15.0 Å². The third kappa shape index (κ3) is 3.09. The smallest absolute Gasteiger partial charge is 0.287 e. The Morgan fingerprint density at radius 3 is 2.52 bits per heavy atom. The zero-order valence-corrected chi connectivity index (χ0v) is 11.6. The number of imidazole rings is 1. The summed E-state index contributed by atoms with van der Waals surface area (Å²) in [5.74, 6) is 0. The molecule has 0 aliphatic rings. The Morgan fingerprint density at radius 1 is 1.05 bits per heavy atom. The number of hydrogen-bond acceptors (Lipinski definition) is 5. The highest BCUT2D eigenvalue weighted by atomic mass is 32.2. The van der Waals surface area contributed by atoms with Gasteiger partial charge in [0.1, 0.15) is 11.2 Å². The summed E-state index contributed by atoms with van der Waals surface area (Å²) in [5, 5.41) is 11.9. The lowest BCUT2D eigenvalue weighted by atomic mass is 10.2. The first-order valence-electron chi connectivity index (χ1n) is 6.11. The van der Waals surface area contributed by atoms with E-state index in [1.165, 1.54) is 24.0 Å². The van der Waals surface area contributed by atoms with Crippen LogP contribution in [0.1, 0.15) is 0 Å². The molecule has 1 N–H and O–H groups in total. The van der Waals surface area contributed by atoms with E-state index in [1.54, 1.807) is 12.3 Å². The van der Waals surface area contributed by atoms with Crippen molar-refractivity contribution >= 4 is 17.4 Å². The first-order chi connectivity index (χ1) is 10.2. The van der Waals surface area contributed by atoms with Crippen LogP contribution >= 0.6 is 11.8 Å². The highest BCUT2D eigenvalue weighted by molar-refractivity contribution is 7.99. The Morgan fingerprint density at radius 2 is 1.86 bits per heavy atom. The minimum absolute atomic E-state index is 0.0243. The van der Waals surface area contributed by atoms with E-state index < -0.39 is 4.92 Å². The van der Waals surface area contributed by atoms with Crippen LogP contribution in [-0.2, 0) is 0 Å². The molecule has 0 fully saturated rings. The number of nitro groups is 1. The Hall–Kier alpha value is -2.67. The van der Waals surface area contributed by atoms with E-state index in [0.29, 0.717) is 10.2 Å². The molecule has 21 heavy (non-hydrogen) atoms. The fourth-order valence-corrected chi connectivity index (χ4v) is 2.47. The summed E-state index contributed by atoms with van der Waals surface area (Å²) < 4.78 is 0. The molecule has 0 bridgehead atoms. The zero-order valence-electron chi connectivity index (χ0n) is 10.8. The lowest BCUT2D eigenvalue weighted by Gasteiger charge is -1.97. The second-order valence-electron chi connectivity index (χ2n) is 4.18. The molecule has 0 aliphatic carbocycles. The first kappa shape index (κ1) is 13.3. The van der Waals surface area contributed by atoms with Crippen molar-refractivity contribution in [3.05, 3.63) is 65.0 Å². The molecular formula is C14H10N4O2S. The van der Waals surface area contributed by atoms with Gasteiger partial charge in [0.25, 0.3) is 5.69 Å². The van der Waals surface area contributed by atoms with Gasteiger partial charge < -0.3 is 4.98 Å². The van der Waals surface area contributed by atoms with E-state index in [9.17, 15) is 10.1 Å². The van der Waals surface area contributed by atoms with Gasteiger partial charge >= 0.3 is 0 Å². The van der Waals surface area contributed by atoms with Crippen LogP contribution < -0.4 is 0 Å². The van der Waals surface area contributed by atoms with Crippen molar-refractivity contribution in [2.75, 3.05) is 0 Å². The van der Waals surface area contributed by atoms with Crippen LogP contribution in [-0.4, -0.2) is 19.9 Å². The van der Waals surface area contributed by atoms with Gasteiger partial charge in [-0.25, -0.2) is 9.97 Å². The van der Waals surface area contributed by atoms with Crippen molar-refractivity contribution in [2.24, 2.45) is 0 Å². The number of pyridine rings is 1. The van der Waals surface area contributed by atoms with Gasteiger partial charge in [0.15, 0.2) is 5.16 Å². The van der Waals surface area contributed by atoms with E-state index in [0.717, 1.165) is 11.3 Å². The SMILES string of the molecule is O=[N+]([O-])c1ccc(Sc2ncc(-c3ccccc3)[nH]2)nc1. The molecule has 6 nitrogen and oxygen atoms in total. The fourth-order valence-electron chi connectivity index (χ4n) is 1.76. The largest absolute Gasteiger partial charge is 0.333 e. The molecule has 0 unspecified atom stereocenters. The average Bonchev–Trinajstić information content (AvgIpc) is 2.97. The highest BCUT2D eigenvalue weighted by Crippen LogP contribution is 2.26. The lowest BCUT2D eigenvalue weighted by molar-refractivity contribution is -0.385. The van der Waals surface area contributed by atoms with E-state index in [-0.39, 0.29) is 5.69 Å². The molecule has 3 aromatic rings. The van der Waals surface area contributed by atoms with Crippen molar-refractivity contribution in [1.29, 1.82) is 0 Å². The normalized spacial score (nSPS) is 10.5. The van der Waals surface area contributed by atoms with Gasteiger partial charge in [0, 0.05) is 6.07 Å². The van der Waals surface area contributed by atoms with Crippen LogP contribution in [0.15, 0.2) is 65.0 Å². The Labute approximate surface area is 124 Å². The van der Waals surface area contributed by atoms with Crippen LogP contribution in [0.3, 0.4) is 0 Å². The Balaban J connectivity index is 1.77. The van der Waals surface area contributed by atoms with Crippen molar-refractivity contribution < 1.29 is 4.92 Å². The molecule has 0 aliphatic heterocycles. The van der Waals surface area contributed by atoms with Crippen molar-refractivity contribution in [3.8, 4) is 11.3 Å². The Kier molecular flexibility index (Phi) is 3.65. The predicted octanol–water partition coefficient (Wildman–Crippen LogP) is 3.53. The van der Waals surface area contributed by atoms with Crippen LogP contribution in [0.4, 0.5) is 5.69 Å². The standard InChI is InChI=1S/C14H10N4O2S/c19-18(20)11-6-7-13(15-8-11)21-14-16-9-12(17-14)10-4-2-1-3-5-10/h1-9H,(H,16,17). The molecule has 0 saturated heterocycles. The molecule has 1 aromatic carbocycles. The molecule has 0 radical (unpaired) electrons. The van der Waals surface area contributed by atoms with Crippen molar-refractivity contribution in [2.45, 2.75) is 10.2 Å². The summed E-state index contributed by atoms with van der Waals surface area (Å²) >= 11 is 1.32. The maximum atomic E-state index is 10.6. The number of nitrogens with zero attached hydrogens (tertiary/aromatic N) is 3. The first-order valence-corrected chi connectivity index (χ1v) is 6.93. The van der Waals surface area contributed by atoms with Gasteiger partial charge in [-0.3, -0.25) is 10.1 Å². The second kappa shape index (κ2) is 5.76. The average molecular weight is 298 g/mol. The van der Waals surface area contributed by atoms with Gasteiger partial charge in [0.05, 0.1) is 16.8 Å². The Bertz CT molecular complexity index is 756. The number of rotatable bonds is 4. The molecule has 7 heteroatoms. The topological polar surface area (TPSA) is 84.7 Å². The molecule has 0 amide bonds. The molecule has 0 saturated carbocycles. The number of aromatic nitrogens is 3. The number of nitrogens with one attached hydrogen (secondary N) is 1. The maximum absolute atomic E-state index is 10.6. The summed E-state index contributed by atoms with van der Waals surface area (Å²) in [6, 6.07) is 12.9. The summed E-state index contributed by atoms with van der Waals surface area (Å²) in [7, 11) is 0. The third-order valence-electron chi connectivity index (χ3n) is 2.77. The summed E-state index contributed by atoms with van der Waals surface area (Å²) in [6.07, 6.45) is 2.99. The van der Waals surface area contributed by atoms with Gasteiger partial charge in [-0.05, 0) is 23.4 Å². The van der Waals surface area contributed by atoms with Crippen LogP contribution in [0, 0.1) is 10.1 Å². The summed E-state index contributed by atoms with van der Waals surface area (Å²) in [6.45, 7) is 0. The van der Waals surface area contributed by atoms with Gasteiger partial charge in [-0.15, -0.1) is 0 Å². The van der Waals surface area contributed by atoms with E-state index in [1.807, 2.05) is 30.3 Å². The monoisotopic (exact) mass is 298 g/mol. The van der Waals surface area contributed by atoms with Crippen molar-refractivity contribution in [1.82, 2.24) is 15.0 Å². The van der Waals surface area contributed by atoms with Gasteiger partial charge in [0.2, 0.25) is 0 Å². The minimum atomic E-state index is -0.470. The van der Waals surface area contributed by atoms with E-state index in [4.69, 9.17) is 0 Å². The quantitative estimate of drug-likeness (QED) is 0.588. The number of hydrogen-bond donors (Lipinski definition) is 1. The van der Waals surface area contributed by atoms with Crippen molar-refractivity contribution in [3.63, 3.8) is 0 Å². The zero-order chi connectivity index (χ0) is 14.7. The van der Waals surface area contributed by atoms with Gasteiger partial charge in [-0.2, -0.15) is 0 Å². The number of aromatic amines is 1. The minimum Gasteiger partial charge on any atom is -0.333 e. The van der Waals surface area contributed by atoms with Crippen LogP contribution in [0.2, 0.25) is 0 Å². The maximum Gasteiger partial charge on any atom is 0.287 e. The predicted molar refractivity (Wildman–Crippen MR) is 79.0 cm³/mol.